The van der Waals surface area contributed by atoms with E-state index in [2.05, 4.69) is 9.88 Å². The number of amides is 1. The molecule has 1 saturated heterocycles. The average Bonchev–Trinajstić information content (AvgIpc) is 3.26. The van der Waals surface area contributed by atoms with E-state index in [1.165, 1.54) is 29.5 Å². The zero-order chi connectivity index (χ0) is 23.2. The molecule has 0 saturated carbocycles. The van der Waals surface area contributed by atoms with E-state index in [-0.39, 0.29) is 11.6 Å². The molecule has 1 fully saturated rings. The third-order valence-corrected chi connectivity index (χ3v) is 6.37. The molecule has 0 atom stereocenters. The van der Waals surface area contributed by atoms with Gasteiger partial charge in [-0.1, -0.05) is 23.5 Å². The number of aromatic nitrogens is 1. The van der Waals surface area contributed by atoms with Crippen molar-refractivity contribution in [3.8, 4) is 5.75 Å². The quantitative estimate of drug-likeness (QED) is 0.283. The SMILES string of the molecule is COc1ccc2nc(N(CCN3CCOCC3)C(=O)C=Cc3cccc([N+](=O)[O-])c3)sc2c1. The molecule has 2 heterocycles. The Balaban J connectivity index is 1.58. The minimum atomic E-state index is -0.455. The average molecular weight is 469 g/mol. The standard InChI is InChI=1S/C23H24N4O5S/c1-31-19-6-7-20-21(16-19)33-23(24-20)26(10-9-25-11-13-32-14-12-25)22(28)8-5-17-3-2-4-18(15-17)27(29)30/h2-8,15-16H,9-14H2,1H3. The number of ether oxygens (including phenoxy) is 2. The lowest BCUT2D eigenvalue weighted by molar-refractivity contribution is -0.384. The number of nitro benzene ring substituents is 1. The summed E-state index contributed by atoms with van der Waals surface area (Å²) in [6.45, 7) is 4.17. The van der Waals surface area contributed by atoms with Gasteiger partial charge in [0.2, 0.25) is 0 Å². The first kappa shape index (κ1) is 22.8. The zero-order valence-electron chi connectivity index (χ0n) is 18.2. The first-order chi connectivity index (χ1) is 16.0. The monoisotopic (exact) mass is 468 g/mol. The Morgan fingerprint density at radius 1 is 1.30 bits per heavy atom. The van der Waals surface area contributed by atoms with Gasteiger partial charge in [-0.3, -0.25) is 24.7 Å². The summed E-state index contributed by atoms with van der Waals surface area (Å²) in [5.74, 6) is 0.496. The molecule has 10 heteroatoms. The summed E-state index contributed by atoms with van der Waals surface area (Å²) >= 11 is 1.43. The highest BCUT2D eigenvalue weighted by atomic mass is 32.1. The van der Waals surface area contributed by atoms with Crippen molar-refractivity contribution in [1.82, 2.24) is 9.88 Å². The van der Waals surface area contributed by atoms with E-state index in [9.17, 15) is 14.9 Å². The summed E-state index contributed by atoms with van der Waals surface area (Å²) in [7, 11) is 1.61. The van der Waals surface area contributed by atoms with Crippen molar-refractivity contribution in [2.45, 2.75) is 0 Å². The van der Waals surface area contributed by atoms with Crippen LogP contribution in [0, 0.1) is 10.1 Å². The summed E-state index contributed by atoms with van der Waals surface area (Å²) in [5, 5.41) is 11.6. The molecule has 0 bridgehead atoms. The van der Waals surface area contributed by atoms with Crippen LogP contribution in [0.5, 0.6) is 5.75 Å². The maximum absolute atomic E-state index is 13.2. The van der Waals surface area contributed by atoms with E-state index in [0.717, 1.165) is 29.1 Å². The molecule has 0 radical (unpaired) electrons. The predicted octanol–water partition coefficient (Wildman–Crippen LogP) is 3.59. The van der Waals surface area contributed by atoms with Crippen LogP contribution in [0.25, 0.3) is 16.3 Å². The second-order valence-electron chi connectivity index (χ2n) is 7.46. The number of methoxy groups -OCH3 is 1. The normalized spacial score (nSPS) is 14.6. The van der Waals surface area contributed by atoms with Crippen molar-refractivity contribution < 1.29 is 19.2 Å². The van der Waals surface area contributed by atoms with Crippen molar-refractivity contribution in [3.05, 3.63) is 64.2 Å². The molecule has 0 spiro atoms. The first-order valence-corrected chi connectivity index (χ1v) is 11.3. The van der Waals surface area contributed by atoms with Gasteiger partial charge in [0.15, 0.2) is 5.13 Å². The van der Waals surface area contributed by atoms with Gasteiger partial charge >= 0.3 is 0 Å². The zero-order valence-corrected chi connectivity index (χ0v) is 19.0. The van der Waals surface area contributed by atoms with Gasteiger partial charge in [0.1, 0.15) is 5.75 Å². The number of non-ortho nitro benzene ring substituents is 1. The predicted molar refractivity (Wildman–Crippen MR) is 128 cm³/mol. The van der Waals surface area contributed by atoms with E-state index in [0.29, 0.717) is 37.0 Å². The summed E-state index contributed by atoms with van der Waals surface area (Å²) in [6, 6.07) is 11.8. The van der Waals surface area contributed by atoms with Crippen LogP contribution in [0.1, 0.15) is 5.56 Å². The number of morpholine rings is 1. The molecule has 1 aliphatic rings. The Hall–Kier alpha value is -3.34. The Bertz CT molecular complexity index is 1170. The molecule has 33 heavy (non-hydrogen) atoms. The molecule has 2 aromatic carbocycles. The second-order valence-corrected chi connectivity index (χ2v) is 8.47. The molecular formula is C23H24N4O5S. The van der Waals surface area contributed by atoms with Gasteiger partial charge in [0, 0.05) is 44.4 Å². The van der Waals surface area contributed by atoms with Crippen molar-refractivity contribution >= 4 is 44.4 Å². The molecule has 1 aliphatic heterocycles. The Labute approximate surface area is 195 Å². The smallest absolute Gasteiger partial charge is 0.270 e. The molecule has 3 aromatic rings. The fourth-order valence-corrected chi connectivity index (χ4v) is 4.53. The van der Waals surface area contributed by atoms with Crippen LogP contribution >= 0.6 is 11.3 Å². The van der Waals surface area contributed by atoms with E-state index in [1.807, 2.05) is 18.2 Å². The van der Waals surface area contributed by atoms with Crippen LogP contribution in [-0.4, -0.2) is 67.2 Å². The number of thiazole rings is 1. The first-order valence-electron chi connectivity index (χ1n) is 10.5. The molecule has 4 rings (SSSR count). The highest BCUT2D eigenvalue weighted by molar-refractivity contribution is 7.22. The van der Waals surface area contributed by atoms with Gasteiger partial charge in [-0.05, 0) is 29.8 Å². The van der Waals surface area contributed by atoms with E-state index in [4.69, 9.17) is 9.47 Å². The lowest BCUT2D eigenvalue weighted by atomic mass is 10.2. The molecule has 172 valence electrons. The molecule has 1 aromatic heterocycles. The highest BCUT2D eigenvalue weighted by Gasteiger charge is 2.20. The summed E-state index contributed by atoms with van der Waals surface area (Å²) in [5.41, 5.74) is 1.36. The number of hydrogen-bond donors (Lipinski definition) is 0. The molecular weight excluding hydrogens is 444 g/mol. The van der Waals surface area contributed by atoms with E-state index < -0.39 is 4.92 Å². The minimum absolute atomic E-state index is 0.0195. The van der Waals surface area contributed by atoms with E-state index in [1.54, 1.807) is 30.2 Å². The minimum Gasteiger partial charge on any atom is -0.497 e. The third kappa shape index (κ3) is 5.72. The Morgan fingerprint density at radius 3 is 2.88 bits per heavy atom. The molecule has 1 amide bonds. The number of rotatable bonds is 8. The number of nitrogens with zero attached hydrogens (tertiary/aromatic N) is 4. The van der Waals surface area contributed by atoms with Gasteiger partial charge < -0.3 is 9.47 Å². The van der Waals surface area contributed by atoms with Crippen molar-refractivity contribution in [3.63, 3.8) is 0 Å². The number of carbonyl (C=O) groups is 1. The number of fused-ring (bicyclic) bond motifs is 1. The lowest BCUT2D eigenvalue weighted by Gasteiger charge is -2.28. The summed E-state index contributed by atoms with van der Waals surface area (Å²) in [4.78, 5) is 32.4. The third-order valence-electron chi connectivity index (χ3n) is 5.32. The fraction of sp³-hybridized carbons (Fsp3) is 0.304. The van der Waals surface area contributed by atoms with Crippen molar-refractivity contribution in [1.29, 1.82) is 0 Å². The Kier molecular flexibility index (Phi) is 7.28. The van der Waals surface area contributed by atoms with Gasteiger partial charge in [0.25, 0.3) is 11.6 Å². The maximum atomic E-state index is 13.2. The number of benzene rings is 2. The molecule has 0 aliphatic carbocycles. The van der Waals surface area contributed by atoms with Crippen LogP contribution in [-0.2, 0) is 9.53 Å². The Morgan fingerprint density at radius 2 is 2.12 bits per heavy atom. The molecule has 9 nitrogen and oxygen atoms in total. The molecule has 0 unspecified atom stereocenters. The van der Waals surface area contributed by atoms with Crippen molar-refractivity contribution in [2.75, 3.05) is 51.4 Å². The van der Waals surface area contributed by atoms with Crippen LogP contribution < -0.4 is 9.64 Å². The second kappa shape index (κ2) is 10.5. The lowest BCUT2D eigenvalue weighted by Crippen LogP contribution is -2.42. The highest BCUT2D eigenvalue weighted by Crippen LogP contribution is 2.31. The van der Waals surface area contributed by atoms with Crippen molar-refractivity contribution in [2.24, 2.45) is 0 Å². The number of nitro groups is 1. The van der Waals surface area contributed by atoms with Crippen LogP contribution in [0.15, 0.2) is 48.5 Å². The van der Waals surface area contributed by atoms with Gasteiger partial charge in [0.05, 0.1) is 35.5 Å². The summed E-state index contributed by atoms with van der Waals surface area (Å²) < 4.78 is 11.6. The molecule has 0 N–H and O–H groups in total. The summed E-state index contributed by atoms with van der Waals surface area (Å²) in [6.07, 6.45) is 3.03. The fourth-order valence-electron chi connectivity index (χ4n) is 3.50. The number of hydrogen-bond acceptors (Lipinski definition) is 8. The van der Waals surface area contributed by atoms with Gasteiger partial charge in [-0.2, -0.15) is 0 Å². The van der Waals surface area contributed by atoms with Gasteiger partial charge in [-0.25, -0.2) is 4.98 Å². The van der Waals surface area contributed by atoms with Crippen LogP contribution in [0.3, 0.4) is 0 Å². The number of carbonyl (C=O) groups excluding carboxylic acids is 1. The number of anilines is 1. The van der Waals surface area contributed by atoms with Crippen LogP contribution in [0.4, 0.5) is 10.8 Å². The topological polar surface area (TPSA) is 98.0 Å². The van der Waals surface area contributed by atoms with Gasteiger partial charge in [-0.15, -0.1) is 0 Å². The maximum Gasteiger partial charge on any atom is 0.270 e. The van der Waals surface area contributed by atoms with E-state index >= 15 is 0 Å². The largest absolute Gasteiger partial charge is 0.497 e. The van der Waals surface area contributed by atoms with Crippen LogP contribution in [0.2, 0.25) is 0 Å².